The highest BCUT2D eigenvalue weighted by atomic mass is 32.1. The third kappa shape index (κ3) is 14.1. The number of amides is 6. The number of para-hydroxylation sites is 2. The highest BCUT2D eigenvalue weighted by molar-refractivity contribution is 7.13. The number of nitrogen functional groups attached to an aromatic ring is 1. The van der Waals surface area contributed by atoms with E-state index in [1.54, 1.807) is 54.0 Å². The maximum atomic E-state index is 13.7. The second-order valence-corrected chi connectivity index (χ2v) is 17.8. The number of benzene rings is 3. The van der Waals surface area contributed by atoms with Gasteiger partial charge in [0.1, 0.15) is 17.8 Å². The van der Waals surface area contributed by atoms with Crippen LogP contribution in [-0.2, 0) is 30.5 Å². The van der Waals surface area contributed by atoms with Crippen molar-refractivity contribution in [2.24, 2.45) is 5.41 Å². The number of nitrogens with two attached hydrogens (primary N) is 1. The van der Waals surface area contributed by atoms with Gasteiger partial charge < -0.3 is 47.1 Å². The minimum absolute atomic E-state index is 0.0193. The van der Waals surface area contributed by atoms with Crippen molar-refractivity contribution < 1.29 is 38.6 Å². The van der Waals surface area contributed by atoms with Gasteiger partial charge in [-0.3, -0.25) is 28.8 Å². The van der Waals surface area contributed by atoms with Gasteiger partial charge in [-0.05, 0) is 86.1 Å². The molecule has 3 aromatic carbocycles. The molecule has 5 rings (SSSR count). The number of nitrogens with one attached hydrogen (secondary N) is 5. The molecule has 342 valence electrons. The zero-order chi connectivity index (χ0) is 46.4. The van der Waals surface area contributed by atoms with E-state index < -0.39 is 35.4 Å². The van der Waals surface area contributed by atoms with Crippen molar-refractivity contribution in [1.29, 1.82) is 0 Å². The van der Waals surface area contributed by atoms with E-state index in [0.29, 0.717) is 67.2 Å². The Hall–Kier alpha value is -6.33. The summed E-state index contributed by atoms with van der Waals surface area (Å²) >= 11 is 1.51. The van der Waals surface area contributed by atoms with Gasteiger partial charge in [0, 0.05) is 62.6 Å². The third-order valence-corrected chi connectivity index (χ3v) is 11.7. The van der Waals surface area contributed by atoms with E-state index in [1.807, 2.05) is 45.9 Å². The fraction of sp³-hybridized carbons (Fsp3) is 0.426. The lowest BCUT2D eigenvalue weighted by Crippen LogP contribution is -2.57. The van der Waals surface area contributed by atoms with Crippen molar-refractivity contribution in [3.8, 4) is 16.2 Å². The molecule has 8 N–H and O–H groups in total. The molecule has 17 heteroatoms. The van der Waals surface area contributed by atoms with Crippen LogP contribution in [0.3, 0.4) is 0 Å². The van der Waals surface area contributed by atoms with Crippen molar-refractivity contribution in [1.82, 2.24) is 25.8 Å². The molecule has 1 aromatic heterocycles. The summed E-state index contributed by atoms with van der Waals surface area (Å²) in [5.41, 5.74) is 11.5. The highest BCUT2D eigenvalue weighted by Crippen LogP contribution is 2.33. The Kier molecular flexibility index (Phi) is 17.4. The van der Waals surface area contributed by atoms with E-state index in [2.05, 4.69) is 31.6 Å². The average Bonchev–Trinajstić information content (AvgIpc) is 3.87. The monoisotopic (exact) mass is 896 g/mol. The molecule has 1 fully saturated rings. The van der Waals surface area contributed by atoms with Gasteiger partial charge in [-0.15, -0.1) is 11.3 Å². The lowest BCUT2D eigenvalue weighted by atomic mass is 9.85. The van der Waals surface area contributed by atoms with Gasteiger partial charge in [0.15, 0.2) is 0 Å². The Balaban J connectivity index is 1.04. The highest BCUT2D eigenvalue weighted by Gasteiger charge is 2.44. The molecule has 4 aromatic rings. The molecule has 1 aliphatic rings. The molecule has 1 saturated heterocycles. The predicted octanol–water partition coefficient (Wildman–Crippen LogP) is 5.56. The maximum absolute atomic E-state index is 13.7. The van der Waals surface area contributed by atoms with E-state index in [0.717, 1.165) is 21.7 Å². The minimum atomic E-state index is -0.918. The molecule has 16 nitrogen and oxygen atoms in total. The molecule has 3 unspecified atom stereocenters. The van der Waals surface area contributed by atoms with Crippen LogP contribution >= 0.6 is 11.3 Å². The quantitative estimate of drug-likeness (QED) is 0.0431. The van der Waals surface area contributed by atoms with Crippen molar-refractivity contribution >= 4 is 63.8 Å². The SMILES string of the molecule is CC(=O)NC(C(=O)N1CC(O)CC1C(=O)NCc1ccc(-c2scnc2C)cc1OCCCCNC(=O)CCCCC(=O)Nc1ccc(C(=O)Nc2ccccc2N)cc1)C(C)(C)C. The Morgan fingerprint density at radius 3 is 2.31 bits per heavy atom. The first-order valence-electron chi connectivity index (χ1n) is 21.5. The topological polar surface area (TPSA) is 234 Å². The zero-order valence-corrected chi connectivity index (χ0v) is 37.9. The summed E-state index contributed by atoms with van der Waals surface area (Å²) in [7, 11) is 0. The summed E-state index contributed by atoms with van der Waals surface area (Å²) in [5, 5.41) is 24.7. The number of hydrogen-bond donors (Lipinski definition) is 7. The van der Waals surface area contributed by atoms with Gasteiger partial charge in [-0.1, -0.05) is 45.0 Å². The first kappa shape index (κ1) is 48.7. The van der Waals surface area contributed by atoms with Crippen LogP contribution in [0.2, 0.25) is 0 Å². The summed E-state index contributed by atoms with van der Waals surface area (Å²) in [6.45, 7) is 9.65. The maximum Gasteiger partial charge on any atom is 0.255 e. The van der Waals surface area contributed by atoms with Gasteiger partial charge in [-0.25, -0.2) is 4.98 Å². The van der Waals surface area contributed by atoms with Gasteiger partial charge in [0.25, 0.3) is 5.91 Å². The van der Waals surface area contributed by atoms with Crippen LogP contribution in [0.5, 0.6) is 5.75 Å². The summed E-state index contributed by atoms with van der Waals surface area (Å²) in [5.74, 6) is -1.24. The Morgan fingerprint density at radius 2 is 1.64 bits per heavy atom. The van der Waals surface area contributed by atoms with Crippen LogP contribution in [0.15, 0.2) is 72.2 Å². The van der Waals surface area contributed by atoms with Gasteiger partial charge >= 0.3 is 0 Å². The number of ether oxygens (including phenoxy) is 1. The number of thiazole rings is 1. The largest absolute Gasteiger partial charge is 0.493 e. The molecule has 6 amide bonds. The van der Waals surface area contributed by atoms with Crippen molar-refractivity contribution in [2.45, 2.75) is 104 Å². The van der Waals surface area contributed by atoms with Gasteiger partial charge in [-0.2, -0.15) is 0 Å². The van der Waals surface area contributed by atoms with E-state index in [-0.39, 0.29) is 56.0 Å². The molecule has 0 saturated carbocycles. The molecule has 3 atom stereocenters. The van der Waals surface area contributed by atoms with Crippen LogP contribution < -0.4 is 37.1 Å². The summed E-state index contributed by atoms with van der Waals surface area (Å²) in [6, 6.07) is 17.5. The fourth-order valence-electron chi connectivity index (χ4n) is 7.21. The van der Waals surface area contributed by atoms with Crippen LogP contribution in [0.4, 0.5) is 17.1 Å². The van der Waals surface area contributed by atoms with Crippen LogP contribution in [0, 0.1) is 12.3 Å². The second kappa shape index (κ2) is 22.9. The summed E-state index contributed by atoms with van der Waals surface area (Å²) in [4.78, 5) is 83.6. The summed E-state index contributed by atoms with van der Waals surface area (Å²) in [6.07, 6.45) is 2.10. The number of likely N-dealkylation sites (tertiary alicyclic amines) is 1. The van der Waals surface area contributed by atoms with E-state index in [9.17, 15) is 33.9 Å². The van der Waals surface area contributed by atoms with Crippen LogP contribution in [-0.4, -0.2) is 88.3 Å². The smallest absolute Gasteiger partial charge is 0.255 e. The number of carbonyl (C=O) groups is 6. The van der Waals surface area contributed by atoms with E-state index >= 15 is 0 Å². The van der Waals surface area contributed by atoms with Crippen molar-refractivity contribution in [3.05, 3.63) is 89.1 Å². The van der Waals surface area contributed by atoms with Crippen molar-refractivity contribution in [3.63, 3.8) is 0 Å². The molecular weight excluding hydrogens is 837 g/mol. The number of carbonyl (C=O) groups excluding carboxylic acids is 6. The minimum Gasteiger partial charge on any atom is -0.493 e. The molecular formula is C47H60N8O8S. The Morgan fingerprint density at radius 1 is 0.922 bits per heavy atom. The molecule has 64 heavy (non-hydrogen) atoms. The van der Waals surface area contributed by atoms with E-state index in [4.69, 9.17) is 10.5 Å². The molecule has 0 spiro atoms. The van der Waals surface area contributed by atoms with Gasteiger partial charge in [0.2, 0.25) is 29.5 Å². The third-order valence-electron chi connectivity index (χ3n) is 10.7. The lowest BCUT2D eigenvalue weighted by Gasteiger charge is -2.35. The number of aliphatic hydroxyl groups is 1. The summed E-state index contributed by atoms with van der Waals surface area (Å²) < 4.78 is 6.26. The first-order valence-corrected chi connectivity index (χ1v) is 22.4. The standard InChI is InChI=1S/C47H60N8O8S/c1-29-42(64-28-51-29)32-16-17-33(26-50-45(61)38-25-35(57)27-55(38)46(62)43(47(3,4)5)52-30(2)56)39(24-32)63-23-11-10-22-49-40(58)14-8-9-15-41(59)53-34-20-18-31(19-21-34)44(60)54-37-13-7-6-12-36(37)48/h6-7,12-13,16-21,24,28,35,38,43,57H,8-11,14-15,22-23,25-27,48H2,1-5H3,(H,49,58)(H,50,61)(H,52,56)(H,53,59)(H,54,60). The molecule has 0 bridgehead atoms. The Bertz CT molecular complexity index is 2270. The normalized spacial score (nSPS) is 15.2. The number of hydrogen-bond acceptors (Lipinski definition) is 11. The van der Waals surface area contributed by atoms with Crippen LogP contribution in [0.25, 0.3) is 10.4 Å². The van der Waals surface area contributed by atoms with Crippen molar-refractivity contribution in [2.75, 3.05) is 36.1 Å². The number of aliphatic hydroxyl groups excluding tert-OH is 1. The number of β-amino-alcohol motifs (C(OH)–C–C–N with tert-alkyl or cyclic N) is 1. The lowest BCUT2D eigenvalue weighted by molar-refractivity contribution is -0.143. The number of aromatic nitrogens is 1. The molecule has 0 radical (unpaired) electrons. The number of unbranched alkanes of at least 4 members (excludes halogenated alkanes) is 2. The van der Waals surface area contributed by atoms with Gasteiger partial charge in [0.05, 0.1) is 40.2 Å². The molecule has 1 aliphatic heterocycles. The fourth-order valence-corrected chi connectivity index (χ4v) is 8.01. The van der Waals surface area contributed by atoms with Crippen LogP contribution in [0.1, 0.15) is 94.3 Å². The zero-order valence-electron chi connectivity index (χ0n) is 37.1. The second-order valence-electron chi connectivity index (χ2n) is 17.0. The number of nitrogens with zero attached hydrogens (tertiary/aromatic N) is 2. The first-order chi connectivity index (χ1) is 30.5. The molecule has 0 aliphatic carbocycles. The average molecular weight is 897 g/mol. The van der Waals surface area contributed by atoms with E-state index in [1.165, 1.54) is 23.2 Å². The number of rotatable bonds is 20. The Labute approximate surface area is 378 Å². The number of anilines is 3. The number of aryl methyl sites for hydroxylation is 1. The predicted molar refractivity (Wildman–Crippen MR) is 247 cm³/mol. The molecule has 2 heterocycles.